The lowest BCUT2D eigenvalue weighted by molar-refractivity contribution is 0.449. The Morgan fingerprint density at radius 2 is 2.03 bits per heavy atom. The van der Waals surface area contributed by atoms with Crippen molar-refractivity contribution >= 4 is 43.3 Å². The van der Waals surface area contributed by atoms with Crippen molar-refractivity contribution in [3.63, 3.8) is 0 Å². The largest absolute Gasteiger partial charge is 0.340 e. The van der Waals surface area contributed by atoms with E-state index in [1.807, 2.05) is 42.5 Å². The van der Waals surface area contributed by atoms with Crippen LogP contribution in [0, 0.1) is 17.8 Å². The number of nitrogens with one attached hydrogen (secondary N) is 2. The van der Waals surface area contributed by atoms with Gasteiger partial charge in [-0.2, -0.15) is 0 Å². The maximum atomic E-state index is 12.6. The fraction of sp³-hybridized carbons (Fsp3) is 0.308. The molecule has 34 heavy (non-hydrogen) atoms. The van der Waals surface area contributed by atoms with Crippen LogP contribution in [0.2, 0.25) is 0 Å². The standard InChI is InChI=1S/C26H27N5O2S/c1-18(2)34(32,33)31-13-11-21-15-22(8-10-25(21)31)30-26-23-14-19(7-9-24(23)28-17-29-26)5-6-20-4-3-12-27-16-20/h7-11,13-15,17-18,20,27H,3-4,12,16H2,1-2H3,(H,28,29,30). The number of aromatic nitrogens is 3. The summed E-state index contributed by atoms with van der Waals surface area (Å²) >= 11 is 0. The van der Waals surface area contributed by atoms with Crippen LogP contribution < -0.4 is 10.6 Å². The number of benzene rings is 2. The highest BCUT2D eigenvalue weighted by atomic mass is 32.2. The third-order valence-corrected chi connectivity index (χ3v) is 8.20. The zero-order chi connectivity index (χ0) is 23.7. The molecule has 5 rings (SSSR count). The summed E-state index contributed by atoms with van der Waals surface area (Å²) in [6.45, 7) is 5.38. The molecule has 1 aliphatic heterocycles. The minimum Gasteiger partial charge on any atom is -0.340 e. The molecule has 2 N–H and O–H groups in total. The Bertz CT molecular complexity index is 1520. The van der Waals surface area contributed by atoms with Gasteiger partial charge in [0.05, 0.1) is 16.3 Å². The van der Waals surface area contributed by atoms with Crippen LogP contribution in [-0.2, 0) is 10.0 Å². The van der Waals surface area contributed by atoms with Gasteiger partial charge in [-0.1, -0.05) is 11.8 Å². The molecule has 8 heteroatoms. The summed E-state index contributed by atoms with van der Waals surface area (Å²) in [5.74, 6) is 7.77. The molecule has 2 aromatic heterocycles. The second-order valence-corrected chi connectivity index (χ2v) is 11.2. The molecule has 1 unspecified atom stereocenters. The van der Waals surface area contributed by atoms with Gasteiger partial charge in [-0.05, 0) is 75.7 Å². The van der Waals surface area contributed by atoms with Crippen molar-refractivity contribution in [1.82, 2.24) is 19.3 Å². The second kappa shape index (κ2) is 9.09. The van der Waals surface area contributed by atoms with Crippen molar-refractivity contribution in [2.24, 2.45) is 5.92 Å². The Morgan fingerprint density at radius 3 is 2.82 bits per heavy atom. The van der Waals surface area contributed by atoms with Crippen LogP contribution in [0.15, 0.2) is 55.0 Å². The van der Waals surface area contributed by atoms with Crippen LogP contribution in [0.25, 0.3) is 21.8 Å². The van der Waals surface area contributed by atoms with Gasteiger partial charge < -0.3 is 10.6 Å². The number of fused-ring (bicyclic) bond motifs is 2. The first-order valence-electron chi connectivity index (χ1n) is 11.5. The molecule has 174 valence electrons. The van der Waals surface area contributed by atoms with Crippen LogP contribution in [0.5, 0.6) is 0 Å². The lowest BCUT2D eigenvalue weighted by Crippen LogP contribution is -2.28. The fourth-order valence-electron chi connectivity index (χ4n) is 4.17. The van der Waals surface area contributed by atoms with E-state index >= 15 is 0 Å². The third kappa shape index (κ3) is 4.37. The molecule has 0 bridgehead atoms. The van der Waals surface area contributed by atoms with E-state index < -0.39 is 15.3 Å². The minimum absolute atomic E-state index is 0.382. The van der Waals surface area contributed by atoms with Crippen molar-refractivity contribution in [2.45, 2.75) is 31.9 Å². The number of hydrogen-bond acceptors (Lipinski definition) is 6. The maximum absolute atomic E-state index is 12.6. The van der Waals surface area contributed by atoms with Gasteiger partial charge in [0.25, 0.3) is 0 Å². The zero-order valence-corrected chi connectivity index (χ0v) is 20.1. The summed E-state index contributed by atoms with van der Waals surface area (Å²) < 4.78 is 26.6. The van der Waals surface area contributed by atoms with Crippen LogP contribution in [0.1, 0.15) is 32.3 Å². The Labute approximate surface area is 199 Å². The number of nitrogens with zero attached hydrogens (tertiary/aromatic N) is 3. The van der Waals surface area contributed by atoms with Crippen molar-refractivity contribution in [3.05, 3.63) is 60.6 Å². The monoisotopic (exact) mass is 473 g/mol. The van der Waals surface area contributed by atoms with Gasteiger partial charge in [-0.15, -0.1) is 0 Å². The summed E-state index contributed by atoms with van der Waals surface area (Å²) in [5, 5.41) is 7.99. The molecule has 0 saturated carbocycles. The van der Waals surface area contributed by atoms with E-state index in [2.05, 4.69) is 32.4 Å². The molecule has 1 fully saturated rings. The summed E-state index contributed by atoms with van der Waals surface area (Å²) in [6.07, 6.45) is 5.44. The first-order chi connectivity index (χ1) is 16.4. The molecule has 0 amide bonds. The SMILES string of the molecule is CC(C)S(=O)(=O)n1ccc2cc(Nc3ncnc4ccc(C#CC5CCCNC5)cc34)ccc21. The first-order valence-corrected chi connectivity index (χ1v) is 13.0. The summed E-state index contributed by atoms with van der Waals surface area (Å²) in [5.41, 5.74) is 3.23. The molecule has 1 saturated heterocycles. The minimum atomic E-state index is -3.42. The molecular weight excluding hydrogens is 446 g/mol. The molecule has 1 aliphatic rings. The molecule has 4 aromatic rings. The molecule has 0 spiro atoms. The summed E-state index contributed by atoms with van der Waals surface area (Å²) in [6, 6.07) is 13.4. The van der Waals surface area contributed by atoms with Gasteiger partial charge in [0.2, 0.25) is 10.0 Å². The van der Waals surface area contributed by atoms with Crippen LogP contribution >= 0.6 is 0 Å². The Kier molecular flexibility index (Phi) is 5.98. The van der Waals surface area contributed by atoms with E-state index in [4.69, 9.17) is 0 Å². The van der Waals surface area contributed by atoms with Gasteiger partial charge >= 0.3 is 0 Å². The molecule has 2 aromatic carbocycles. The highest BCUT2D eigenvalue weighted by Gasteiger charge is 2.20. The van der Waals surface area contributed by atoms with E-state index in [0.29, 0.717) is 17.3 Å². The summed E-state index contributed by atoms with van der Waals surface area (Å²) in [4.78, 5) is 8.85. The van der Waals surface area contributed by atoms with Gasteiger partial charge in [0.1, 0.15) is 12.1 Å². The second-order valence-electron chi connectivity index (χ2n) is 8.87. The average Bonchev–Trinajstić information content (AvgIpc) is 3.28. The normalized spacial score (nSPS) is 16.5. The van der Waals surface area contributed by atoms with E-state index in [0.717, 1.165) is 53.5 Å². The number of rotatable bonds is 4. The predicted molar refractivity (Wildman–Crippen MR) is 137 cm³/mol. The van der Waals surface area contributed by atoms with Crippen molar-refractivity contribution in [3.8, 4) is 11.8 Å². The topological polar surface area (TPSA) is 88.9 Å². The van der Waals surface area contributed by atoms with E-state index in [9.17, 15) is 8.42 Å². The number of anilines is 2. The third-order valence-electron chi connectivity index (χ3n) is 6.14. The van der Waals surface area contributed by atoms with Crippen molar-refractivity contribution in [2.75, 3.05) is 18.4 Å². The van der Waals surface area contributed by atoms with Gasteiger partial charge in [-0.25, -0.2) is 22.4 Å². The lowest BCUT2D eigenvalue weighted by Gasteiger charge is -2.17. The number of piperidine rings is 1. The van der Waals surface area contributed by atoms with E-state index in [1.165, 1.54) is 10.3 Å². The number of hydrogen-bond donors (Lipinski definition) is 2. The quantitative estimate of drug-likeness (QED) is 0.431. The Morgan fingerprint density at radius 1 is 1.15 bits per heavy atom. The predicted octanol–water partition coefficient (Wildman–Crippen LogP) is 4.27. The zero-order valence-electron chi connectivity index (χ0n) is 19.2. The molecule has 0 radical (unpaired) electrons. The first kappa shape index (κ1) is 22.4. The Hall–Kier alpha value is -3.41. The van der Waals surface area contributed by atoms with Gasteiger partial charge in [-0.3, -0.25) is 0 Å². The average molecular weight is 474 g/mol. The molecular formula is C26H27N5O2S. The van der Waals surface area contributed by atoms with Crippen molar-refractivity contribution in [1.29, 1.82) is 0 Å². The molecule has 3 heterocycles. The highest BCUT2D eigenvalue weighted by Crippen LogP contribution is 2.28. The highest BCUT2D eigenvalue weighted by molar-refractivity contribution is 7.90. The molecule has 1 atom stereocenters. The van der Waals surface area contributed by atoms with E-state index in [1.54, 1.807) is 20.0 Å². The maximum Gasteiger partial charge on any atom is 0.241 e. The van der Waals surface area contributed by atoms with Crippen LogP contribution in [-0.4, -0.2) is 40.7 Å². The van der Waals surface area contributed by atoms with Crippen LogP contribution in [0.3, 0.4) is 0 Å². The van der Waals surface area contributed by atoms with E-state index in [-0.39, 0.29) is 0 Å². The Balaban J connectivity index is 1.46. The molecule has 7 nitrogen and oxygen atoms in total. The fourth-order valence-corrected chi connectivity index (χ4v) is 5.30. The van der Waals surface area contributed by atoms with Gasteiger partial charge in [0, 0.05) is 40.7 Å². The van der Waals surface area contributed by atoms with Gasteiger partial charge in [0.15, 0.2) is 0 Å². The summed E-state index contributed by atoms with van der Waals surface area (Å²) in [7, 11) is -3.42. The smallest absolute Gasteiger partial charge is 0.241 e. The van der Waals surface area contributed by atoms with Crippen LogP contribution in [0.4, 0.5) is 11.5 Å². The lowest BCUT2D eigenvalue weighted by atomic mass is 10.00. The molecule has 0 aliphatic carbocycles. The van der Waals surface area contributed by atoms with Crippen molar-refractivity contribution < 1.29 is 8.42 Å².